The van der Waals surface area contributed by atoms with Crippen LogP contribution >= 0.6 is 0 Å². The van der Waals surface area contributed by atoms with Crippen molar-refractivity contribution in [1.29, 1.82) is 0 Å². The van der Waals surface area contributed by atoms with Gasteiger partial charge in [0.05, 0.1) is 6.61 Å². The summed E-state index contributed by atoms with van der Waals surface area (Å²) in [6.45, 7) is 2.37. The van der Waals surface area contributed by atoms with E-state index in [1.54, 1.807) is 0 Å². The first-order valence-electron chi connectivity index (χ1n) is 7.75. The van der Waals surface area contributed by atoms with Gasteiger partial charge in [0.1, 0.15) is 0 Å². The maximum absolute atomic E-state index is 9.23. The Kier molecular flexibility index (Phi) is 3.90. The lowest BCUT2D eigenvalue weighted by atomic mass is 9.73. The Morgan fingerprint density at radius 3 is 2.53 bits per heavy atom. The third kappa shape index (κ3) is 2.56. The minimum absolute atomic E-state index is 0.309. The van der Waals surface area contributed by atoms with E-state index in [-0.39, 0.29) is 0 Å². The molecule has 1 aromatic carbocycles. The van der Waals surface area contributed by atoms with Gasteiger partial charge in [-0.3, -0.25) is 4.90 Å². The van der Waals surface area contributed by atoms with Crippen LogP contribution in [0.2, 0.25) is 0 Å². The van der Waals surface area contributed by atoms with Crippen LogP contribution in [0.15, 0.2) is 30.3 Å². The van der Waals surface area contributed by atoms with Gasteiger partial charge in [0.15, 0.2) is 0 Å². The fourth-order valence-electron chi connectivity index (χ4n) is 4.24. The fourth-order valence-corrected chi connectivity index (χ4v) is 4.24. The summed E-state index contributed by atoms with van der Waals surface area (Å²) in [5.74, 6) is 0.753. The third-order valence-electron chi connectivity index (χ3n) is 5.30. The number of nitrogens with zero attached hydrogens (tertiary/aromatic N) is 1. The highest BCUT2D eigenvalue weighted by Gasteiger charge is 2.42. The van der Waals surface area contributed by atoms with Gasteiger partial charge in [-0.25, -0.2) is 0 Å². The first kappa shape index (κ1) is 13.1. The molecule has 3 rings (SSSR count). The molecular formula is C17H25NO. The highest BCUT2D eigenvalue weighted by molar-refractivity contribution is 5.21. The molecule has 0 atom stereocenters. The molecule has 0 bridgehead atoms. The first-order chi connectivity index (χ1) is 9.34. The van der Waals surface area contributed by atoms with Crippen LogP contribution in [0.3, 0.4) is 0 Å². The zero-order chi connectivity index (χ0) is 13.1. The van der Waals surface area contributed by atoms with Crippen LogP contribution in [0.4, 0.5) is 0 Å². The van der Waals surface area contributed by atoms with Gasteiger partial charge in [0.25, 0.3) is 0 Å². The van der Waals surface area contributed by atoms with Gasteiger partial charge in [-0.1, -0.05) is 30.3 Å². The quantitative estimate of drug-likeness (QED) is 0.901. The van der Waals surface area contributed by atoms with Crippen molar-refractivity contribution in [3.05, 3.63) is 35.9 Å². The molecule has 1 aromatic rings. The number of hydrogen-bond donors (Lipinski definition) is 1. The highest BCUT2D eigenvalue weighted by atomic mass is 16.3. The summed E-state index contributed by atoms with van der Waals surface area (Å²) in [5, 5.41) is 9.23. The van der Waals surface area contributed by atoms with E-state index in [2.05, 4.69) is 35.2 Å². The summed E-state index contributed by atoms with van der Waals surface area (Å²) in [4.78, 5) is 2.56. The minimum atomic E-state index is 0.309. The van der Waals surface area contributed by atoms with Crippen LogP contribution in [-0.2, 0) is 0 Å². The maximum atomic E-state index is 9.23. The van der Waals surface area contributed by atoms with Crippen molar-refractivity contribution < 1.29 is 5.11 Å². The third-order valence-corrected chi connectivity index (χ3v) is 5.30. The molecule has 1 saturated heterocycles. The molecule has 19 heavy (non-hydrogen) atoms. The van der Waals surface area contributed by atoms with Gasteiger partial charge in [0, 0.05) is 12.1 Å². The summed E-state index contributed by atoms with van der Waals surface area (Å²) < 4.78 is 0. The summed E-state index contributed by atoms with van der Waals surface area (Å²) in [6, 6.07) is 11.0. The van der Waals surface area contributed by atoms with Crippen molar-refractivity contribution in [1.82, 2.24) is 4.90 Å². The van der Waals surface area contributed by atoms with Gasteiger partial charge >= 0.3 is 0 Å². The molecule has 0 amide bonds. The van der Waals surface area contributed by atoms with Crippen LogP contribution in [0, 0.1) is 0 Å². The van der Waals surface area contributed by atoms with Crippen LogP contribution in [0.5, 0.6) is 0 Å². The molecule has 0 unspecified atom stereocenters. The normalized spacial score (nSPS) is 31.9. The average Bonchev–Trinajstić information content (AvgIpc) is 2.84. The number of benzene rings is 1. The Hall–Kier alpha value is -0.860. The Balaban J connectivity index is 1.66. The number of likely N-dealkylation sites (tertiary alicyclic amines) is 1. The number of hydrogen-bond acceptors (Lipinski definition) is 2. The Labute approximate surface area is 116 Å². The highest BCUT2D eigenvalue weighted by Crippen LogP contribution is 2.45. The number of β-amino-alcohol motifs (C(OH)–C–C–N with tert-alkyl or cyclic N) is 1. The SMILES string of the molecule is OCCN1CCCC12CCC(c1ccccc1)CC2. The second kappa shape index (κ2) is 5.64. The number of aliphatic hydroxyl groups excluding tert-OH is 1. The van der Waals surface area contributed by atoms with E-state index in [0.717, 1.165) is 12.5 Å². The predicted molar refractivity (Wildman–Crippen MR) is 78.3 cm³/mol. The van der Waals surface area contributed by atoms with E-state index in [1.807, 2.05) is 0 Å². The van der Waals surface area contributed by atoms with Gasteiger partial charge in [0.2, 0.25) is 0 Å². The van der Waals surface area contributed by atoms with Crippen LogP contribution in [0.25, 0.3) is 0 Å². The number of rotatable bonds is 3. The van der Waals surface area contributed by atoms with Crippen molar-refractivity contribution >= 4 is 0 Å². The van der Waals surface area contributed by atoms with Crippen LogP contribution in [0.1, 0.15) is 50.0 Å². The zero-order valence-electron chi connectivity index (χ0n) is 11.7. The maximum Gasteiger partial charge on any atom is 0.0558 e. The van der Waals surface area contributed by atoms with E-state index in [4.69, 9.17) is 0 Å². The van der Waals surface area contributed by atoms with Gasteiger partial charge < -0.3 is 5.11 Å². The lowest BCUT2D eigenvalue weighted by molar-refractivity contribution is 0.0687. The molecule has 2 heteroatoms. The standard InChI is InChI=1S/C17H25NO/c19-14-13-18-12-4-9-17(18)10-7-16(8-11-17)15-5-2-1-3-6-15/h1-3,5-6,16,19H,4,7-14H2. The average molecular weight is 259 g/mol. The van der Waals surface area contributed by atoms with E-state index in [1.165, 1.54) is 50.6 Å². The van der Waals surface area contributed by atoms with Crippen molar-refractivity contribution in [3.63, 3.8) is 0 Å². The summed E-state index contributed by atoms with van der Waals surface area (Å²) in [5.41, 5.74) is 1.94. The smallest absolute Gasteiger partial charge is 0.0558 e. The summed E-state index contributed by atoms with van der Waals surface area (Å²) >= 11 is 0. The Morgan fingerprint density at radius 2 is 1.84 bits per heavy atom. The lowest BCUT2D eigenvalue weighted by Gasteiger charge is -2.44. The van der Waals surface area contributed by atoms with Gasteiger partial charge in [-0.15, -0.1) is 0 Å². The molecule has 0 radical (unpaired) electrons. The largest absolute Gasteiger partial charge is 0.395 e. The molecule has 104 valence electrons. The second-order valence-electron chi connectivity index (χ2n) is 6.22. The Morgan fingerprint density at radius 1 is 1.11 bits per heavy atom. The number of aliphatic hydroxyl groups is 1. The summed E-state index contributed by atoms with van der Waals surface area (Å²) in [7, 11) is 0. The molecule has 2 fully saturated rings. The molecule has 2 nitrogen and oxygen atoms in total. The molecule has 1 N–H and O–H groups in total. The van der Waals surface area contributed by atoms with E-state index < -0.39 is 0 Å². The van der Waals surface area contributed by atoms with Crippen molar-refractivity contribution in [2.45, 2.75) is 50.0 Å². The fraction of sp³-hybridized carbons (Fsp3) is 0.647. The molecule has 2 aliphatic rings. The topological polar surface area (TPSA) is 23.5 Å². The second-order valence-corrected chi connectivity index (χ2v) is 6.22. The monoisotopic (exact) mass is 259 g/mol. The van der Waals surface area contributed by atoms with E-state index in [0.29, 0.717) is 12.1 Å². The van der Waals surface area contributed by atoms with Crippen LogP contribution in [-0.4, -0.2) is 35.2 Å². The molecule has 0 aromatic heterocycles. The van der Waals surface area contributed by atoms with Crippen molar-refractivity contribution in [3.8, 4) is 0 Å². The molecular weight excluding hydrogens is 234 g/mol. The minimum Gasteiger partial charge on any atom is -0.395 e. The van der Waals surface area contributed by atoms with Crippen molar-refractivity contribution in [2.75, 3.05) is 19.7 Å². The molecule has 1 saturated carbocycles. The van der Waals surface area contributed by atoms with Crippen molar-refractivity contribution in [2.24, 2.45) is 0 Å². The summed E-state index contributed by atoms with van der Waals surface area (Å²) in [6.07, 6.45) is 7.90. The molecule has 1 heterocycles. The first-order valence-corrected chi connectivity index (χ1v) is 7.75. The van der Waals surface area contributed by atoms with Gasteiger partial charge in [-0.05, 0) is 56.6 Å². The van der Waals surface area contributed by atoms with Gasteiger partial charge in [-0.2, -0.15) is 0 Å². The Bertz CT molecular complexity index is 395. The van der Waals surface area contributed by atoms with E-state index >= 15 is 0 Å². The van der Waals surface area contributed by atoms with E-state index in [9.17, 15) is 5.11 Å². The predicted octanol–water partition coefficient (Wildman–Crippen LogP) is 3.17. The molecule has 1 aliphatic heterocycles. The molecule has 1 aliphatic carbocycles. The molecule has 1 spiro atoms. The lowest BCUT2D eigenvalue weighted by Crippen LogP contribution is -2.47. The van der Waals surface area contributed by atoms with Crippen LogP contribution < -0.4 is 0 Å². The zero-order valence-corrected chi connectivity index (χ0v) is 11.7.